The van der Waals surface area contributed by atoms with Crippen molar-refractivity contribution in [3.8, 4) is 0 Å². The van der Waals surface area contributed by atoms with E-state index < -0.39 is 15.9 Å². The zero-order valence-corrected chi connectivity index (χ0v) is 20.4. The predicted octanol–water partition coefficient (Wildman–Crippen LogP) is 4.65. The van der Waals surface area contributed by atoms with Crippen LogP contribution in [0.4, 0.5) is 0 Å². The van der Waals surface area contributed by atoms with Crippen LogP contribution in [0.3, 0.4) is 0 Å². The second-order valence-electron chi connectivity index (χ2n) is 6.97. The molecular formula is C20H39NNaO4S. The molecule has 0 rings (SSSR count). The van der Waals surface area contributed by atoms with Gasteiger partial charge in [-0.2, -0.15) is 8.42 Å². The Balaban J connectivity index is 0. The molecule has 0 aromatic carbocycles. The van der Waals surface area contributed by atoms with Gasteiger partial charge in [-0.1, -0.05) is 70.4 Å². The van der Waals surface area contributed by atoms with Gasteiger partial charge in [0, 0.05) is 42.5 Å². The minimum Gasteiger partial charge on any atom is -0.355 e. The van der Waals surface area contributed by atoms with Crippen LogP contribution >= 0.6 is 0 Å². The van der Waals surface area contributed by atoms with Gasteiger partial charge in [0.1, 0.15) is 0 Å². The van der Waals surface area contributed by atoms with Crippen molar-refractivity contribution in [1.29, 1.82) is 0 Å². The first-order valence-corrected chi connectivity index (χ1v) is 11.9. The fraction of sp³-hybridized carbons (Fsp3) is 0.850. The van der Waals surface area contributed by atoms with Crippen molar-refractivity contribution in [3.63, 3.8) is 0 Å². The summed E-state index contributed by atoms with van der Waals surface area (Å²) < 4.78 is 29.6. The molecule has 1 amide bonds. The van der Waals surface area contributed by atoms with Crippen LogP contribution in [-0.4, -0.2) is 60.7 Å². The molecule has 0 aliphatic carbocycles. The summed E-state index contributed by atoms with van der Waals surface area (Å²) in [6, 6.07) is 0. The van der Waals surface area contributed by atoms with E-state index in [-0.39, 0.29) is 42.0 Å². The van der Waals surface area contributed by atoms with Gasteiger partial charge in [0.2, 0.25) is 5.91 Å². The molecule has 0 aromatic heterocycles. The minimum atomic E-state index is -3.99. The molecule has 0 aliphatic rings. The summed E-state index contributed by atoms with van der Waals surface area (Å²) in [5.74, 6) is -0.572. The van der Waals surface area contributed by atoms with E-state index in [9.17, 15) is 13.2 Å². The number of unbranched alkanes of at least 4 members (excludes halogenated alkanes) is 11. The maximum Gasteiger partial charge on any atom is 0.266 e. The second kappa shape index (κ2) is 20.8. The average Bonchev–Trinajstić information content (AvgIpc) is 2.57. The number of hydrogen-bond acceptors (Lipinski definition) is 3. The van der Waals surface area contributed by atoms with Crippen LogP contribution in [0.25, 0.3) is 0 Å². The minimum absolute atomic E-state index is 0. The van der Waals surface area contributed by atoms with Gasteiger partial charge in [0.15, 0.2) is 0 Å². The second-order valence-corrected chi connectivity index (χ2v) is 8.54. The molecule has 0 aromatic rings. The summed E-state index contributed by atoms with van der Waals surface area (Å²) in [4.78, 5) is 11.5. The molecule has 27 heavy (non-hydrogen) atoms. The monoisotopic (exact) mass is 412 g/mol. The number of carbonyl (C=O) groups excluding carboxylic acids is 1. The summed E-state index contributed by atoms with van der Waals surface area (Å²) in [7, 11) is -3.99. The third-order valence-corrected chi connectivity index (χ3v) is 5.07. The van der Waals surface area contributed by atoms with Crippen molar-refractivity contribution in [2.24, 2.45) is 0 Å². The Morgan fingerprint density at radius 1 is 0.852 bits per heavy atom. The molecule has 0 atom stereocenters. The summed E-state index contributed by atoms with van der Waals surface area (Å²) in [5.41, 5.74) is 0. The van der Waals surface area contributed by atoms with Crippen LogP contribution in [0, 0.1) is 0 Å². The van der Waals surface area contributed by atoms with Crippen molar-refractivity contribution >= 4 is 45.6 Å². The third kappa shape index (κ3) is 26.1. The van der Waals surface area contributed by atoms with Crippen LogP contribution in [0.1, 0.15) is 96.8 Å². The molecule has 155 valence electrons. The van der Waals surface area contributed by atoms with Crippen molar-refractivity contribution in [1.82, 2.24) is 5.32 Å². The Kier molecular flexibility index (Phi) is 22.6. The Morgan fingerprint density at radius 2 is 1.33 bits per heavy atom. The molecule has 0 spiro atoms. The van der Waals surface area contributed by atoms with Gasteiger partial charge in [-0.3, -0.25) is 9.35 Å². The van der Waals surface area contributed by atoms with Gasteiger partial charge >= 0.3 is 0 Å². The molecule has 0 saturated carbocycles. The van der Waals surface area contributed by atoms with Gasteiger partial charge < -0.3 is 5.32 Å². The SMILES string of the molecule is CCCCCCCCC=CCCCCCCCC(=O)NCCS(=O)(=O)O.[Na]. The Bertz CT molecular complexity index is 467. The van der Waals surface area contributed by atoms with E-state index in [1.807, 2.05) is 0 Å². The van der Waals surface area contributed by atoms with Gasteiger partial charge in [0.25, 0.3) is 10.1 Å². The summed E-state index contributed by atoms with van der Waals surface area (Å²) in [6.07, 6.45) is 20.9. The number of hydrogen-bond donors (Lipinski definition) is 2. The van der Waals surface area contributed by atoms with Crippen LogP contribution in [0.2, 0.25) is 0 Å². The van der Waals surface area contributed by atoms with Crippen LogP contribution in [0.15, 0.2) is 12.2 Å². The van der Waals surface area contributed by atoms with E-state index in [2.05, 4.69) is 24.4 Å². The van der Waals surface area contributed by atoms with E-state index in [1.54, 1.807) is 0 Å². The molecule has 7 heteroatoms. The fourth-order valence-electron chi connectivity index (χ4n) is 2.76. The van der Waals surface area contributed by atoms with Crippen molar-refractivity contribution in [3.05, 3.63) is 12.2 Å². The summed E-state index contributed by atoms with van der Waals surface area (Å²) >= 11 is 0. The maximum absolute atomic E-state index is 11.5. The van der Waals surface area contributed by atoms with Crippen molar-refractivity contribution < 1.29 is 17.8 Å². The number of allylic oxidation sites excluding steroid dienone is 2. The number of amides is 1. The Hall–Kier alpha value is 0.120. The summed E-state index contributed by atoms with van der Waals surface area (Å²) in [6.45, 7) is 2.22. The van der Waals surface area contributed by atoms with Crippen LogP contribution in [-0.2, 0) is 14.9 Å². The average molecular weight is 413 g/mol. The standard InChI is InChI=1S/C20H39NO4S.Na/c1-2-3-4-5-6-7-8-9-10-11-12-13-14-15-16-17-20(22)21-18-19-26(23,24)25;/h9-10H,2-8,11-19H2,1H3,(H,21,22)(H,23,24,25);. The molecule has 0 aliphatic heterocycles. The van der Waals surface area contributed by atoms with E-state index in [0.29, 0.717) is 6.42 Å². The maximum atomic E-state index is 11.5. The zero-order valence-electron chi connectivity index (χ0n) is 17.5. The zero-order chi connectivity index (χ0) is 19.5. The molecule has 0 fully saturated rings. The molecule has 2 N–H and O–H groups in total. The normalized spacial score (nSPS) is 11.5. The molecule has 0 bridgehead atoms. The Labute approximate surface area is 189 Å². The van der Waals surface area contributed by atoms with Gasteiger partial charge in [-0.05, 0) is 32.1 Å². The number of rotatable bonds is 18. The van der Waals surface area contributed by atoms with Gasteiger partial charge in [-0.25, -0.2) is 0 Å². The molecule has 0 unspecified atom stereocenters. The number of nitrogens with one attached hydrogen (secondary N) is 1. The quantitative estimate of drug-likeness (QED) is 0.149. The first-order valence-electron chi connectivity index (χ1n) is 10.3. The van der Waals surface area contributed by atoms with E-state index in [4.69, 9.17) is 4.55 Å². The fourth-order valence-corrected chi connectivity index (χ4v) is 3.12. The predicted molar refractivity (Wildman–Crippen MR) is 115 cm³/mol. The Morgan fingerprint density at radius 3 is 1.85 bits per heavy atom. The molecular weight excluding hydrogens is 373 g/mol. The first-order chi connectivity index (χ1) is 12.5. The number of carbonyl (C=O) groups is 1. The smallest absolute Gasteiger partial charge is 0.266 e. The molecule has 5 nitrogen and oxygen atoms in total. The molecule has 1 radical (unpaired) electrons. The first kappa shape index (κ1) is 29.3. The third-order valence-electron chi connectivity index (χ3n) is 4.35. The summed E-state index contributed by atoms with van der Waals surface area (Å²) in [5, 5.41) is 2.50. The van der Waals surface area contributed by atoms with E-state index in [0.717, 1.165) is 25.7 Å². The van der Waals surface area contributed by atoms with Crippen LogP contribution in [0.5, 0.6) is 0 Å². The largest absolute Gasteiger partial charge is 0.355 e. The topological polar surface area (TPSA) is 83.5 Å². The molecule has 0 heterocycles. The van der Waals surface area contributed by atoms with Crippen molar-refractivity contribution in [2.75, 3.05) is 12.3 Å². The van der Waals surface area contributed by atoms with Gasteiger partial charge in [-0.15, -0.1) is 0 Å². The molecule has 0 saturated heterocycles. The van der Waals surface area contributed by atoms with Crippen molar-refractivity contribution in [2.45, 2.75) is 96.8 Å². The van der Waals surface area contributed by atoms with Crippen LogP contribution < -0.4 is 5.32 Å². The van der Waals surface area contributed by atoms with E-state index >= 15 is 0 Å². The van der Waals surface area contributed by atoms with Gasteiger partial charge in [0.05, 0.1) is 5.75 Å². The van der Waals surface area contributed by atoms with E-state index in [1.165, 1.54) is 57.8 Å².